The first-order valence-electron chi connectivity index (χ1n) is 8.29. The molecule has 3 N–H and O–H groups in total. The molecule has 0 aliphatic rings. The summed E-state index contributed by atoms with van der Waals surface area (Å²) in [6, 6.07) is 5.18. The molecule has 1 aromatic rings. The average Bonchev–Trinajstić information content (AvgIpc) is 2.47. The van der Waals surface area contributed by atoms with Gasteiger partial charge in [-0.25, -0.2) is 4.79 Å². The van der Waals surface area contributed by atoms with Gasteiger partial charge in [0.2, 0.25) is 0 Å². The lowest BCUT2D eigenvalue weighted by Gasteiger charge is -2.16. The summed E-state index contributed by atoms with van der Waals surface area (Å²) in [6.45, 7) is 10.7. The fourth-order valence-corrected chi connectivity index (χ4v) is 2.25. The number of carbonyl (C=O) groups excluding carboxylic acids is 2. The molecule has 1 aromatic carbocycles. The highest BCUT2D eigenvalue weighted by Crippen LogP contribution is 2.16. The highest BCUT2D eigenvalue weighted by atomic mass is 16.2. The highest BCUT2D eigenvalue weighted by Gasteiger charge is 2.11. The SMILES string of the molecule is CCNC(=O)c1ccc(NC(=O)NC(C)CCC(C)C)c(C)c1. The van der Waals surface area contributed by atoms with Crippen LogP contribution in [0.2, 0.25) is 0 Å². The van der Waals surface area contributed by atoms with Gasteiger partial charge in [0.25, 0.3) is 5.91 Å². The van der Waals surface area contributed by atoms with Gasteiger partial charge in [0.1, 0.15) is 0 Å². The summed E-state index contributed by atoms with van der Waals surface area (Å²) in [6.07, 6.45) is 2.04. The topological polar surface area (TPSA) is 70.2 Å². The van der Waals surface area contributed by atoms with Crippen LogP contribution in [0.15, 0.2) is 18.2 Å². The van der Waals surface area contributed by atoms with E-state index in [2.05, 4.69) is 29.8 Å². The minimum atomic E-state index is -0.213. The van der Waals surface area contributed by atoms with Crippen LogP contribution in [0.5, 0.6) is 0 Å². The maximum atomic E-state index is 12.0. The summed E-state index contributed by atoms with van der Waals surface area (Å²) < 4.78 is 0. The van der Waals surface area contributed by atoms with Crippen molar-refractivity contribution in [2.24, 2.45) is 5.92 Å². The number of nitrogens with one attached hydrogen (secondary N) is 3. The lowest BCUT2D eigenvalue weighted by atomic mass is 10.0. The third-order valence-corrected chi connectivity index (χ3v) is 3.63. The summed E-state index contributed by atoms with van der Waals surface area (Å²) in [7, 11) is 0. The van der Waals surface area contributed by atoms with E-state index in [0.717, 1.165) is 18.4 Å². The van der Waals surface area contributed by atoms with Crippen LogP contribution in [0, 0.1) is 12.8 Å². The van der Waals surface area contributed by atoms with Crippen LogP contribution in [0.25, 0.3) is 0 Å². The number of rotatable bonds is 7. The molecule has 0 saturated heterocycles. The second-order valence-electron chi connectivity index (χ2n) is 6.36. The van der Waals surface area contributed by atoms with Crippen molar-refractivity contribution in [2.75, 3.05) is 11.9 Å². The quantitative estimate of drug-likeness (QED) is 0.717. The van der Waals surface area contributed by atoms with E-state index in [-0.39, 0.29) is 18.0 Å². The molecule has 0 heterocycles. The van der Waals surface area contributed by atoms with Gasteiger partial charge in [0, 0.05) is 23.8 Å². The molecular formula is C18H29N3O2. The highest BCUT2D eigenvalue weighted by molar-refractivity contribution is 5.96. The van der Waals surface area contributed by atoms with Crippen molar-refractivity contribution >= 4 is 17.6 Å². The molecule has 0 bridgehead atoms. The molecule has 5 nitrogen and oxygen atoms in total. The van der Waals surface area contributed by atoms with Crippen LogP contribution in [0.4, 0.5) is 10.5 Å². The van der Waals surface area contributed by atoms with Crippen LogP contribution in [0.1, 0.15) is 56.5 Å². The van der Waals surface area contributed by atoms with Gasteiger partial charge in [-0.2, -0.15) is 0 Å². The number of urea groups is 1. The Morgan fingerprint density at radius 1 is 1.13 bits per heavy atom. The molecule has 0 radical (unpaired) electrons. The molecular weight excluding hydrogens is 290 g/mol. The van der Waals surface area contributed by atoms with Crippen molar-refractivity contribution < 1.29 is 9.59 Å². The van der Waals surface area contributed by atoms with Crippen LogP contribution >= 0.6 is 0 Å². The number of carbonyl (C=O) groups is 2. The second kappa shape index (κ2) is 9.18. The zero-order valence-electron chi connectivity index (χ0n) is 14.8. The number of hydrogen-bond donors (Lipinski definition) is 3. The first-order chi connectivity index (χ1) is 10.8. The van der Waals surface area contributed by atoms with Gasteiger partial charge in [-0.3, -0.25) is 4.79 Å². The molecule has 0 fully saturated rings. The first-order valence-corrected chi connectivity index (χ1v) is 8.29. The molecule has 0 aromatic heterocycles. The van der Waals surface area contributed by atoms with E-state index in [1.54, 1.807) is 18.2 Å². The van der Waals surface area contributed by atoms with Crippen LogP contribution in [-0.2, 0) is 0 Å². The summed E-state index contributed by atoms with van der Waals surface area (Å²) in [5.74, 6) is 0.528. The second-order valence-corrected chi connectivity index (χ2v) is 6.36. The zero-order valence-corrected chi connectivity index (χ0v) is 14.8. The molecule has 23 heavy (non-hydrogen) atoms. The predicted octanol–water partition coefficient (Wildman–Crippen LogP) is 3.69. The van der Waals surface area contributed by atoms with Gasteiger partial charge in [-0.1, -0.05) is 13.8 Å². The van der Waals surface area contributed by atoms with Crippen molar-refractivity contribution in [1.82, 2.24) is 10.6 Å². The van der Waals surface area contributed by atoms with E-state index >= 15 is 0 Å². The fraction of sp³-hybridized carbons (Fsp3) is 0.556. The van der Waals surface area contributed by atoms with Crippen molar-refractivity contribution in [3.63, 3.8) is 0 Å². The summed E-state index contributed by atoms with van der Waals surface area (Å²) in [5, 5.41) is 8.54. The van der Waals surface area contributed by atoms with Crippen molar-refractivity contribution in [1.29, 1.82) is 0 Å². The smallest absolute Gasteiger partial charge is 0.319 e. The normalized spacial score (nSPS) is 11.9. The Labute approximate surface area is 139 Å². The van der Waals surface area contributed by atoms with Crippen LogP contribution in [-0.4, -0.2) is 24.5 Å². The van der Waals surface area contributed by atoms with Gasteiger partial charge in [0.15, 0.2) is 0 Å². The summed E-state index contributed by atoms with van der Waals surface area (Å²) >= 11 is 0. The molecule has 0 saturated carbocycles. The Kier molecular flexibility index (Phi) is 7.59. The zero-order chi connectivity index (χ0) is 17.4. The van der Waals surface area contributed by atoms with E-state index in [9.17, 15) is 9.59 Å². The molecule has 1 rings (SSSR count). The van der Waals surface area contributed by atoms with Crippen LogP contribution < -0.4 is 16.0 Å². The van der Waals surface area contributed by atoms with E-state index in [0.29, 0.717) is 23.7 Å². The Morgan fingerprint density at radius 3 is 2.39 bits per heavy atom. The molecule has 1 atom stereocenters. The van der Waals surface area contributed by atoms with Gasteiger partial charge in [-0.05, 0) is 63.3 Å². The Morgan fingerprint density at radius 2 is 1.83 bits per heavy atom. The lowest BCUT2D eigenvalue weighted by Crippen LogP contribution is -2.36. The maximum Gasteiger partial charge on any atom is 0.319 e. The Bertz CT molecular complexity index is 541. The average molecular weight is 319 g/mol. The largest absolute Gasteiger partial charge is 0.352 e. The summed E-state index contributed by atoms with van der Waals surface area (Å²) in [4.78, 5) is 23.8. The molecule has 0 aliphatic carbocycles. The fourth-order valence-electron chi connectivity index (χ4n) is 2.25. The minimum absolute atomic E-state index is 0.103. The molecule has 1 unspecified atom stereocenters. The summed E-state index contributed by atoms with van der Waals surface area (Å²) in [5.41, 5.74) is 2.17. The third-order valence-electron chi connectivity index (χ3n) is 3.63. The number of anilines is 1. The minimum Gasteiger partial charge on any atom is -0.352 e. The van der Waals surface area contributed by atoms with Crippen molar-refractivity contribution in [2.45, 2.75) is 53.5 Å². The van der Waals surface area contributed by atoms with Gasteiger partial charge < -0.3 is 16.0 Å². The van der Waals surface area contributed by atoms with E-state index in [1.807, 2.05) is 20.8 Å². The molecule has 0 spiro atoms. The van der Waals surface area contributed by atoms with Gasteiger partial charge in [0.05, 0.1) is 0 Å². The number of hydrogen-bond acceptors (Lipinski definition) is 2. The van der Waals surface area contributed by atoms with Crippen molar-refractivity contribution in [3.05, 3.63) is 29.3 Å². The van der Waals surface area contributed by atoms with E-state index < -0.39 is 0 Å². The molecule has 0 aliphatic heterocycles. The Balaban J connectivity index is 2.59. The van der Waals surface area contributed by atoms with E-state index in [1.165, 1.54) is 0 Å². The van der Waals surface area contributed by atoms with Crippen molar-refractivity contribution in [3.8, 4) is 0 Å². The Hall–Kier alpha value is -2.04. The monoisotopic (exact) mass is 319 g/mol. The standard InChI is InChI=1S/C18H29N3O2/c1-6-19-17(22)15-9-10-16(13(4)11-15)21-18(23)20-14(5)8-7-12(2)3/h9-12,14H,6-8H2,1-5H3,(H,19,22)(H2,20,21,23). The molecule has 128 valence electrons. The van der Waals surface area contributed by atoms with E-state index in [4.69, 9.17) is 0 Å². The number of amides is 3. The number of aryl methyl sites for hydroxylation is 1. The van der Waals surface area contributed by atoms with Gasteiger partial charge >= 0.3 is 6.03 Å². The number of benzene rings is 1. The van der Waals surface area contributed by atoms with Gasteiger partial charge in [-0.15, -0.1) is 0 Å². The maximum absolute atomic E-state index is 12.0. The molecule has 3 amide bonds. The molecule has 5 heteroatoms. The first kappa shape index (κ1) is 19.0. The third kappa shape index (κ3) is 6.72. The van der Waals surface area contributed by atoms with Crippen LogP contribution in [0.3, 0.4) is 0 Å². The lowest BCUT2D eigenvalue weighted by molar-refractivity contribution is 0.0955. The predicted molar refractivity (Wildman–Crippen MR) is 94.9 cm³/mol.